The predicted octanol–water partition coefficient (Wildman–Crippen LogP) is 7.45. The highest BCUT2D eigenvalue weighted by Crippen LogP contribution is 2.29. The third kappa shape index (κ3) is 10.8. The fraction of sp³-hybridized carbons (Fsp3) is 0.387. The van der Waals surface area contributed by atoms with Crippen molar-refractivity contribution < 1.29 is 14.3 Å². The second kappa shape index (κ2) is 18.5. The molecule has 0 saturated heterocycles. The zero-order valence-electron chi connectivity index (χ0n) is 25.0. The zero-order valence-corrected chi connectivity index (χ0v) is 27.5. The van der Waals surface area contributed by atoms with Crippen LogP contribution in [0.1, 0.15) is 39.5 Å². The Balaban J connectivity index is 0.00000323. The van der Waals surface area contributed by atoms with Crippen LogP contribution in [0.4, 0.5) is 16.2 Å². The number of amides is 1. The highest BCUT2D eigenvalue weighted by molar-refractivity contribution is 8.11. The van der Waals surface area contributed by atoms with Crippen molar-refractivity contribution in [3.8, 4) is 11.5 Å². The standard InChI is InChI=1S/C31H40N6O3S.2ClH/c1-21(36-27-19-25(39-3)17-23-11-7-13-32-29(23)27)9-5-15-34-31(38)41-35-16-6-10-22(2)37-28-20-26(40-4)18-24-12-8-14-33-30(24)28;;/h7-8,11-14,17-22,35-37H,5-6,9-10,15-16H2,1-4H3,(H,34,38);2*1H. The average Bonchev–Trinajstić information content (AvgIpc) is 2.99. The van der Waals surface area contributed by atoms with Crippen LogP contribution < -0.4 is 30.1 Å². The number of anilines is 2. The lowest BCUT2D eigenvalue weighted by Gasteiger charge is -2.18. The Hall–Kier alpha value is -3.18. The predicted molar refractivity (Wildman–Crippen MR) is 185 cm³/mol. The lowest BCUT2D eigenvalue weighted by atomic mass is 10.1. The van der Waals surface area contributed by atoms with E-state index in [1.807, 2.05) is 48.5 Å². The summed E-state index contributed by atoms with van der Waals surface area (Å²) < 4.78 is 14.1. The van der Waals surface area contributed by atoms with Gasteiger partial charge in [0.05, 0.1) is 36.6 Å². The van der Waals surface area contributed by atoms with Gasteiger partial charge in [-0.25, -0.2) is 0 Å². The maximum absolute atomic E-state index is 12.2. The maximum Gasteiger partial charge on any atom is 0.294 e. The van der Waals surface area contributed by atoms with Crippen LogP contribution >= 0.6 is 36.8 Å². The molecule has 2 unspecified atom stereocenters. The van der Waals surface area contributed by atoms with E-state index >= 15 is 0 Å². The number of fused-ring (bicyclic) bond motifs is 2. The van der Waals surface area contributed by atoms with Gasteiger partial charge in [0.15, 0.2) is 0 Å². The van der Waals surface area contributed by atoms with E-state index in [4.69, 9.17) is 9.47 Å². The molecular weight excluding hydrogens is 607 g/mol. The minimum absolute atomic E-state index is 0. The Morgan fingerprint density at radius 3 is 1.77 bits per heavy atom. The van der Waals surface area contributed by atoms with Crippen LogP contribution in [0.2, 0.25) is 0 Å². The first kappa shape index (κ1) is 36.0. The van der Waals surface area contributed by atoms with Gasteiger partial charge in [-0.3, -0.25) is 19.5 Å². The van der Waals surface area contributed by atoms with Gasteiger partial charge in [-0.15, -0.1) is 24.8 Å². The molecule has 4 N–H and O–H groups in total. The molecular formula is C31H42Cl2N6O3S. The van der Waals surface area contributed by atoms with Gasteiger partial charge in [-0.1, -0.05) is 12.1 Å². The van der Waals surface area contributed by atoms with Crippen LogP contribution in [0, 0.1) is 0 Å². The van der Waals surface area contributed by atoms with Gasteiger partial charge in [0.1, 0.15) is 11.5 Å². The zero-order chi connectivity index (χ0) is 29.0. The topological polar surface area (TPSA) is 109 Å². The number of hydrogen-bond donors (Lipinski definition) is 4. The van der Waals surface area contributed by atoms with Crippen molar-refractivity contribution in [2.45, 2.75) is 51.6 Å². The molecule has 0 fully saturated rings. The summed E-state index contributed by atoms with van der Waals surface area (Å²) in [4.78, 5) is 21.3. The summed E-state index contributed by atoms with van der Waals surface area (Å²) in [6.45, 7) is 5.65. The second-order valence-corrected chi connectivity index (χ2v) is 10.9. The lowest BCUT2D eigenvalue weighted by Crippen LogP contribution is -2.25. The van der Waals surface area contributed by atoms with Crippen LogP contribution in [0.25, 0.3) is 21.8 Å². The van der Waals surface area contributed by atoms with Gasteiger partial charge in [0.2, 0.25) is 0 Å². The Kier molecular flexibility index (Phi) is 15.5. The molecule has 0 aliphatic heterocycles. The third-order valence-corrected chi connectivity index (χ3v) is 7.47. The number of benzene rings is 2. The van der Waals surface area contributed by atoms with Crippen LogP contribution in [-0.4, -0.2) is 54.6 Å². The first-order chi connectivity index (χ1) is 20.0. The normalized spacial score (nSPS) is 12.0. The van der Waals surface area contributed by atoms with Crippen LogP contribution in [0.3, 0.4) is 0 Å². The van der Waals surface area contributed by atoms with Crippen LogP contribution in [0.15, 0.2) is 60.9 Å². The summed E-state index contributed by atoms with van der Waals surface area (Å²) in [6.07, 6.45) is 7.26. The summed E-state index contributed by atoms with van der Waals surface area (Å²) in [7, 11) is 3.34. The summed E-state index contributed by atoms with van der Waals surface area (Å²) >= 11 is 1.12. The number of halogens is 2. The van der Waals surface area contributed by atoms with Crippen molar-refractivity contribution in [1.82, 2.24) is 20.0 Å². The number of pyridine rings is 2. The van der Waals surface area contributed by atoms with Gasteiger partial charge >= 0.3 is 0 Å². The Labute approximate surface area is 270 Å². The number of carbonyl (C=O) groups excluding carboxylic acids is 1. The van der Waals surface area contributed by atoms with Crippen LogP contribution in [0.5, 0.6) is 11.5 Å². The maximum atomic E-state index is 12.2. The first-order valence-electron chi connectivity index (χ1n) is 14.0. The van der Waals surface area contributed by atoms with E-state index in [2.05, 4.69) is 44.5 Å². The Morgan fingerprint density at radius 2 is 1.28 bits per heavy atom. The molecule has 0 bridgehead atoms. The van der Waals surface area contributed by atoms with Crippen molar-refractivity contribution in [3.05, 3.63) is 60.9 Å². The Morgan fingerprint density at radius 1 is 0.791 bits per heavy atom. The number of carbonyl (C=O) groups is 1. The summed E-state index contributed by atoms with van der Waals surface area (Å²) in [6, 6.07) is 16.3. The van der Waals surface area contributed by atoms with Crippen molar-refractivity contribution in [2.75, 3.05) is 37.9 Å². The largest absolute Gasteiger partial charge is 0.497 e. The van der Waals surface area contributed by atoms with Gasteiger partial charge < -0.3 is 25.4 Å². The molecule has 4 aromatic rings. The minimum atomic E-state index is -0.0614. The molecule has 0 aliphatic carbocycles. The van der Waals surface area contributed by atoms with Gasteiger partial charge in [0, 0.05) is 72.4 Å². The van der Waals surface area contributed by atoms with Crippen molar-refractivity contribution in [1.29, 1.82) is 0 Å². The Bertz CT molecular complexity index is 1450. The van der Waals surface area contributed by atoms with E-state index in [9.17, 15) is 4.79 Å². The molecule has 234 valence electrons. The highest BCUT2D eigenvalue weighted by Gasteiger charge is 2.11. The highest BCUT2D eigenvalue weighted by atomic mass is 35.5. The van der Waals surface area contributed by atoms with Gasteiger partial charge in [-0.2, -0.15) is 0 Å². The number of hydrogen-bond acceptors (Lipinski definition) is 9. The summed E-state index contributed by atoms with van der Waals surface area (Å²) in [5.41, 5.74) is 3.77. The summed E-state index contributed by atoms with van der Waals surface area (Å²) in [5.74, 6) is 1.60. The number of ether oxygens (including phenoxy) is 2. The van der Waals surface area contributed by atoms with Gasteiger partial charge in [-0.05, 0) is 63.8 Å². The van der Waals surface area contributed by atoms with E-state index in [1.165, 1.54) is 0 Å². The van der Waals surface area contributed by atoms with Gasteiger partial charge in [0.25, 0.3) is 5.24 Å². The first-order valence-corrected chi connectivity index (χ1v) is 14.8. The quantitative estimate of drug-likeness (QED) is 0.0771. The van der Waals surface area contributed by atoms with Crippen molar-refractivity contribution >= 4 is 75.2 Å². The molecule has 12 heteroatoms. The molecule has 0 spiro atoms. The minimum Gasteiger partial charge on any atom is -0.497 e. The third-order valence-electron chi connectivity index (χ3n) is 6.80. The molecule has 0 radical (unpaired) electrons. The van der Waals surface area contributed by atoms with Crippen molar-refractivity contribution in [2.24, 2.45) is 0 Å². The molecule has 4 rings (SSSR count). The lowest BCUT2D eigenvalue weighted by molar-refractivity contribution is 0.260. The molecule has 2 aromatic carbocycles. The molecule has 2 heterocycles. The van der Waals surface area contributed by atoms with E-state index in [0.29, 0.717) is 6.54 Å². The van der Waals surface area contributed by atoms with E-state index in [0.717, 1.165) is 88.9 Å². The monoisotopic (exact) mass is 648 g/mol. The number of nitrogens with zero attached hydrogens (tertiary/aromatic N) is 2. The SMILES string of the molecule is COc1cc(NC(C)CCCNSC(=O)NCCCC(C)Nc2cc(OC)cc3cccnc23)c2ncccc2c1.Cl.Cl. The molecule has 2 atom stereocenters. The summed E-state index contributed by atoms with van der Waals surface area (Å²) in [5, 5.41) is 12.1. The smallest absolute Gasteiger partial charge is 0.294 e. The molecule has 43 heavy (non-hydrogen) atoms. The van der Waals surface area contributed by atoms with E-state index < -0.39 is 0 Å². The van der Waals surface area contributed by atoms with E-state index in [-0.39, 0.29) is 42.1 Å². The fourth-order valence-corrected chi connectivity index (χ4v) is 5.24. The molecule has 9 nitrogen and oxygen atoms in total. The number of aromatic nitrogens is 2. The number of rotatable bonds is 15. The molecule has 0 saturated carbocycles. The van der Waals surface area contributed by atoms with Crippen LogP contribution in [-0.2, 0) is 0 Å². The fourth-order valence-electron chi connectivity index (χ4n) is 4.69. The number of methoxy groups -OCH3 is 2. The number of nitrogens with one attached hydrogen (secondary N) is 4. The molecule has 1 amide bonds. The second-order valence-electron chi connectivity index (χ2n) is 10.1. The molecule has 2 aromatic heterocycles. The molecule has 0 aliphatic rings. The average molecular weight is 650 g/mol. The van der Waals surface area contributed by atoms with E-state index in [1.54, 1.807) is 26.6 Å². The van der Waals surface area contributed by atoms with Crippen molar-refractivity contribution in [3.63, 3.8) is 0 Å².